The summed E-state index contributed by atoms with van der Waals surface area (Å²) >= 11 is 0. The Bertz CT molecular complexity index is 1530. The van der Waals surface area contributed by atoms with E-state index >= 15 is 0 Å². The van der Waals surface area contributed by atoms with Crippen molar-refractivity contribution >= 4 is 0 Å². The zero-order chi connectivity index (χ0) is 45.0. The number of nitrogens with zero attached hydrogens (tertiary/aromatic N) is 2. The first-order chi connectivity index (χ1) is 33.7. The van der Waals surface area contributed by atoms with Crippen LogP contribution in [0, 0.1) is 59.2 Å². The summed E-state index contributed by atoms with van der Waals surface area (Å²) in [5.41, 5.74) is 0. The highest BCUT2D eigenvalue weighted by Crippen LogP contribution is 2.60. The van der Waals surface area contributed by atoms with Crippen LogP contribution in [-0.2, 0) is 0 Å². The molecule has 384 valence electrons. The van der Waals surface area contributed by atoms with Gasteiger partial charge in [0.1, 0.15) is 0 Å². The molecule has 0 spiro atoms. The van der Waals surface area contributed by atoms with E-state index in [2.05, 4.69) is 31.1 Å². The van der Waals surface area contributed by atoms with Gasteiger partial charge < -0.3 is 0 Å². The summed E-state index contributed by atoms with van der Waals surface area (Å²) in [5.74, 6) is 9.41. The third-order valence-corrected chi connectivity index (χ3v) is 24.9. The van der Waals surface area contributed by atoms with Crippen LogP contribution in [-0.4, -0.2) is 82.5 Å². The van der Waals surface area contributed by atoms with Crippen molar-refractivity contribution in [2.45, 2.75) is 330 Å². The molecule has 0 radical (unpaired) electrons. The monoisotopic (exact) mass is 935 g/mol. The molecular formula is C62H106N6. The summed E-state index contributed by atoms with van der Waals surface area (Å²) < 4.78 is 0. The molecule has 14 unspecified atom stereocenters. The second-order valence-corrected chi connectivity index (χ2v) is 28.1. The molecule has 4 aliphatic heterocycles. The lowest BCUT2D eigenvalue weighted by atomic mass is 9.64. The predicted molar refractivity (Wildman–Crippen MR) is 281 cm³/mol. The molecule has 0 aromatic rings. The van der Waals surface area contributed by atoms with E-state index in [0.29, 0.717) is 12.3 Å². The maximum atomic E-state index is 4.45. The highest BCUT2D eigenvalue weighted by molar-refractivity contribution is 5.17. The molecule has 13 aliphatic rings. The number of nitrogens with one attached hydrogen (secondary N) is 4. The van der Waals surface area contributed by atoms with Crippen LogP contribution in [0.25, 0.3) is 0 Å². The first kappa shape index (κ1) is 47.5. The average Bonchev–Trinajstić information content (AvgIpc) is 3.95. The molecule has 4 N–H and O–H groups in total. The second-order valence-electron chi connectivity index (χ2n) is 28.1. The van der Waals surface area contributed by atoms with Crippen LogP contribution in [0.15, 0.2) is 0 Å². The standard InChI is InChI=1S/C62H106N6/c1-5-17-41(18-6-1)52-39-54(65-61(63-52)45-21-9-3-10-22-45)43-29-33-47(34-30-43)67-57-28-16-14-26-51(57)59-58(67)38-37-50-49-25-13-15-27-56(49)68(60(50)59)48-35-31-44(32-36-48)55-40-53(42-19-7-2-8-20-42)64-62(66-55)46-23-11-4-12-24-46/h41-66H,1-40H2. The zero-order valence-corrected chi connectivity index (χ0v) is 43.9. The lowest BCUT2D eigenvalue weighted by molar-refractivity contribution is -0.00743. The van der Waals surface area contributed by atoms with E-state index in [0.717, 1.165) is 120 Å². The number of rotatable bonds is 8. The van der Waals surface area contributed by atoms with Gasteiger partial charge in [-0.15, -0.1) is 0 Å². The van der Waals surface area contributed by atoms with Gasteiger partial charge >= 0.3 is 0 Å². The van der Waals surface area contributed by atoms with Crippen LogP contribution < -0.4 is 21.3 Å². The van der Waals surface area contributed by atoms with Gasteiger partial charge in [0.2, 0.25) is 0 Å². The Morgan fingerprint density at radius 1 is 0.250 bits per heavy atom. The van der Waals surface area contributed by atoms with Crippen molar-refractivity contribution in [3.63, 3.8) is 0 Å². The molecule has 14 atom stereocenters. The summed E-state index contributed by atoms with van der Waals surface area (Å²) in [6.45, 7) is 0. The fourth-order valence-corrected chi connectivity index (χ4v) is 21.8. The minimum Gasteiger partial charge on any atom is -0.299 e. The van der Waals surface area contributed by atoms with E-state index < -0.39 is 0 Å². The number of likely N-dealkylation sites (tertiary alicyclic amines) is 2. The van der Waals surface area contributed by atoms with Crippen LogP contribution in [0.1, 0.15) is 257 Å². The van der Waals surface area contributed by atoms with Gasteiger partial charge in [-0.05, 0) is 213 Å². The lowest BCUT2D eigenvalue weighted by Crippen LogP contribution is -2.65. The molecule has 13 fully saturated rings. The lowest BCUT2D eigenvalue weighted by Gasteiger charge is -2.51. The van der Waals surface area contributed by atoms with E-state index in [9.17, 15) is 0 Å². The number of hydrogen-bond acceptors (Lipinski definition) is 6. The Balaban J connectivity index is 0.702. The van der Waals surface area contributed by atoms with Crippen LogP contribution in [0.2, 0.25) is 0 Å². The Morgan fingerprint density at radius 3 is 1.09 bits per heavy atom. The Labute approximate surface area is 418 Å². The van der Waals surface area contributed by atoms with Gasteiger partial charge in [0.05, 0.1) is 12.3 Å². The van der Waals surface area contributed by atoms with Crippen molar-refractivity contribution in [3.8, 4) is 0 Å². The SMILES string of the molecule is C1CCC(C2CC(C3CCC(N4C5CCCCC5C5C4CCC4C6CCCCC6N(C6CCC(C7CC(C8CCCCC8)NC(C8CCCCC8)N7)CC6)C45)CC3)NC(C3CCCCC3)N2)CC1. The molecule has 13 rings (SSSR count). The third kappa shape index (κ3) is 9.46. The van der Waals surface area contributed by atoms with Gasteiger partial charge in [-0.25, -0.2) is 0 Å². The van der Waals surface area contributed by atoms with Gasteiger partial charge in [-0.2, -0.15) is 0 Å². The molecule has 0 aromatic carbocycles. The van der Waals surface area contributed by atoms with Crippen molar-refractivity contribution < 1.29 is 0 Å². The summed E-state index contributed by atoms with van der Waals surface area (Å²) in [6, 6.07) is 8.42. The van der Waals surface area contributed by atoms with Crippen LogP contribution >= 0.6 is 0 Å². The minimum atomic E-state index is 0.586. The predicted octanol–water partition coefficient (Wildman–Crippen LogP) is 13.2. The maximum Gasteiger partial charge on any atom is 0.0605 e. The highest BCUT2D eigenvalue weighted by Gasteiger charge is 2.64. The second kappa shape index (κ2) is 21.5. The van der Waals surface area contributed by atoms with Crippen molar-refractivity contribution in [1.82, 2.24) is 31.1 Å². The summed E-state index contributed by atoms with van der Waals surface area (Å²) in [7, 11) is 0. The third-order valence-electron chi connectivity index (χ3n) is 24.9. The zero-order valence-electron chi connectivity index (χ0n) is 43.9. The first-order valence-electron chi connectivity index (χ1n) is 32.3. The molecule has 4 heterocycles. The average molecular weight is 936 g/mol. The van der Waals surface area contributed by atoms with E-state index in [1.807, 2.05) is 0 Å². The van der Waals surface area contributed by atoms with Crippen LogP contribution in [0.4, 0.5) is 0 Å². The summed E-state index contributed by atoms with van der Waals surface area (Å²) in [6.07, 6.45) is 61.0. The smallest absolute Gasteiger partial charge is 0.0605 e. The molecule has 6 heteroatoms. The quantitative estimate of drug-likeness (QED) is 0.195. The number of fused-ring (bicyclic) bond motifs is 7. The van der Waals surface area contributed by atoms with E-state index in [1.54, 1.807) is 25.7 Å². The fourth-order valence-electron chi connectivity index (χ4n) is 21.8. The Kier molecular flexibility index (Phi) is 15.0. The van der Waals surface area contributed by atoms with Gasteiger partial charge in [0, 0.05) is 60.4 Å². The molecule has 0 bridgehead atoms. The van der Waals surface area contributed by atoms with Crippen molar-refractivity contribution in [2.24, 2.45) is 59.2 Å². The Hall–Kier alpha value is -0.240. The highest BCUT2D eigenvalue weighted by atomic mass is 15.3. The molecule has 0 amide bonds. The van der Waals surface area contributed by atoms with Gasteiger partial charge in [0.25, 0.3) is 0 Å². The molecule has 4 saturated heterocycles. The van der Waals surface area contributed by atoms with Gasteiger partial charge in [0.15, 0.2) is 0 Å². The summed E-state index contributed by atoms with van der Waals surface area (Å²) in [4.78, 5) is 6.89. The van der Waals surface area contributed by atoms with Crippen molar-refractivity contribution in [1.29, 1.82) is 0 Å². The normalized spacial score (nSPS) is 48.9. The molecule has 68 heavy (non-hydrogen) atoms. The first-order valence-corrected chi connectivity index (χ1v) is 32.3. The van der Waals surface area contributed by atoms with E-state index in [4.69, 9.17) is 0 Å². The van der Waals surface area contributed by atoms with Gasteiger partial charge in [-0.1, -0.05) is 103 Å². The van der Waals surface area contributed by atoms with Crippen molar-refractivity contribution in [2.75, 3.05) is 0 Å². The molecule has 6 nitrogen and oxygen atoms in total. The molecular weight excluding hydrogens is 829 g/mol. The Morgan fingerprint density at radius 2 is 0.618 bits per heavy atom. The van der Waals surface area contributed by atoms with Crippen molar-refractivity contribution in [3.05, 3.63) is 0 Å². The topological polar surface area (TPSA) is 54.6 Å². The fraction of sp³-hybridized carbons (Fsp3) is 1.00. The molecule has 9 saturated carbocycles. The maximum absolute atomic E-state index is 4.45. The number of hydrogen-bond donors (Lipinski definition) is 4. The molecule has 9 aliphatic carbocycles. The summed E-state index contributed by atoms with van der Waals surface area (Å²) in [5, 5.41) is 17.6. The van der Waals surface area contributed by atoms with Gasteiger partial charge in [-0.3, -0.25) is 31.1 Å². The molecule has 0 aromatic heterocycles. The minimum absolute atomic E-state index is 0.586. The van der Waals surface area contributed by atoms with Crippen LogP contribution in [0.3, 0.4) is 0 Å². The van der Waals surface area contributed by atoms with E-state index in [-0.39, 0.29) is 0 Å². The van der Waals surface area contributed by atoms with E-state index in [1.165, 1.54) is 231 Å². The van der Waals surface area contributed by atoms with Crippen LogP contribution in [0.5, 0.6) is 0 Å². The largest absolute Gasteiger partial charge is 0.299 e.